The van der Waals surface area contributed by atoms with E-state index in [-0.39, 0.29) is 19.1 Å². The number of nitrogens with zero attached hydrogens (tertiary/aromatic N) is 1. The Kier molecular flexibility index (Phi) is 4.49. The molecule has 5 nitrogen and oxygen atoms in total. The van der Waals surface area contributed by atoms with E-state index in [1.807, 2.05) is 30.3 Å². The lowest BCUT2D eigenvalue weighted by atomic mass is 10.1. The molecule has 3 rings (SSSR count). The van der Waals surface area contributed by atoms with Crippen LogP contribution >= 0.6 is 0 Å². The van der Waals surface area contributed by atoms with Gasteiger partial charge in [0.2, 0.25) is 0 Å². The van der Waals surface area contributed by atoms with Gasteiger partial charge in [0.1, 0.15) is 18.1 Å². The smallest absolute Gasteiger partial charge is 0.274 e. The number of aromatic nitrogens is 1. The predicted molar refractivity (Wildman–Crippen MR) is 88.7 cm³/mol. The highest BCUT2D eigenvalue weighted by atomic mass is 16.5. The molecule has 0 aliphatic heterocycles. The van der Waals surface area contributed by atoms with Gasteiger partial charge in [0.05, 0.1) is 6.61 Å². The van der Waals surface area contributed by atoms with Crippen LogP contribution in [0.5, 0.6) is 5.75 Å². The molecule has 2 aromatic carbocycles. The molecule has 0 fully saturated rings. The van der Waals surface area contributed by atoms with Crippen LogP contribution in [0.15, 0.2) is 60.8 Å². The third-order valence-electron chi connectivity index (χ3n) is 3.36. The van der Waals surface area contributed by atoms with Crippen molar-refractivity contribution >= 4 is 22.4 Å². The van der Waals surface area contributed by atoms with E-state index in [4.69, 9.17) is 9.84 Å². The first-order valence-electron chi connectivity index (χ1n) is 7.27. The Hall–Kier alpha value is -2.92. The second-order valence-electron chi connectivity index (χ2n) is 4.93. The third kappa shape index (κ3) is 3.46. The summed E-state index contributed by atoms with van der Waals surface area (Å²) in [6, 6.07) is 16.5. The maximum Gasteiger partial charge on any atom is 0.274 e. The van der Waals surface area contributed by atoms with Crippen LogP contribution in [0.1, 0.15) is 10.5 Å². The van der Waals surface area contributed by atoms with Crippen molar-refractivity contribution in [1.82, 2.24) is 4.98 Å². The summed E-state index contributed by atoms with van der Waals surface area (Å²) in [4.78, 5) is 16.6. The zero-order valence-electron chi connectivity index (χ0n) is 12.4. The first-order chi connectivity index (χ1) is 11.3. The van der Waals surface area contributed by atoms with Gasteiger partial charge >= 0.3 is 0 Å². The lowest BCUT2D eigenvalue weighted by Gasteiger charge is -2.08. The van der Waals surface area contributed by atoms with E-state index < -0.39 is 0 Å². The molecule has 3 aromatic rings. The van der Waals surface area contributed by atoms with E-state index in [0.717, 1.165) is 10.8 Å². The number of pyridine rings is 1. The molecule has 1 amide bonds. The first-order valence-corrected chi connectivity index (χ1v) is 7.27. The molecule has 0 radical (unpaired) electrons. The molecule has 0 bridgehead atoms. The summed E-state index contributed by atoms with van der Waals surface area (Å²) in [5, 5.41) is 13.3. The fourth-order valence-electron chi connectivity index (χ4n) is 2.29. The van der Waals surface area contributed by atoms with Gasteiger partial charge in [0.25, 0.3) is 5.91 Å². The number of carbonyl (C=O) groups is 1. The topological polar surface area (TPSA) is 71.5 Å². The summed E-state index contributed by atoms with van der Waals surface area (Å²) in [5.74, 6) is 0.381. The molecule has 5 heteroatoms. The summed E-state index contributed by atoms with van der Waals surface area (Å²) >= 11 is 0. The molecule has 0 unspecified atom stereocenters. The second-order valence-corrected chi connectivity index (χ2v) is 4.93. The number of aliphatic hydroxyl groups excluding tert-OH is 1. The Bertz CT molecular complexity index is 811. The fourth-order valence-corrected chi connectivity index (χ4v) is 2.29. The second kappa shape index (κ2) is 6.89. The average molecular weight is 308 g/mol. The molecule has 0 atom stereocenters. The minimum atomic E-state index is -0.258. The van der Waals surface area contributed by atoms with E-state index in [2.05, 4.69) is 10.3 Å². The Labute approximate surface area is 133 Å². The van der Waals surface area contributed by atoms with Crippen LogP contribution in [0, 0.1) is 0 Å². The summed E-state index contributed by atoms with van der Waals surface area (Å²) in [6.45, 7) is 0.205. The lowest BCUT2D eigenvalue weighted by molar-refractivity contribution is 0.102. The molecule has 0 aliphatic rings. The van der Waals surface area contributed by atoms with Gasteiger partial charge in [-0.05, 0) is 35.7 Å². The van der Waals surface area contributed by atoms with E-state index in [9.17, 15) is 4.79 Å². The van der Waals surface area contributed by atoms with Gasteiger partial charge in [-0.15, -0.1) is 0 Å². The zero-order chi connectivity index (χ0) is 16.1. The standard InChI is InChI=1S/C18H16N2O3/c21-11-12-23-15-7-5-14(6-8-15)20-18(22)17-16-4-2-1-3-13(16)9-10-19-17/h1-10,21H,11-12H2,(H,20,22). The molecule has 1 aromatic heterocycles. The molecule has 23 heavy (non-hydrogen) atoms. The number of rotatable bonds is 5. The van der Waals surface area contributed by atoms with Crippen molar-refractivity contribution in [2.75, 3.05) is 18.5 Å². The molecule has 1 heterocycles. The van der Waals surface area contributed by atoms with E-state index in [0.29, 0.717) is 17.1 Å². The van der Waals surface area contributed by atoms with Crippen LogP contribution < -0.4 is 10.1 Å². The molecule has 116 valence electrons. The van der Waals surface area contributed by atoms with Crippen molar-refractivity contribution in [1.29, 1.82) is 0 Å². The van der Waals surface area contributed by atoms with Crippen LogP contribution in [0.25, 0.3) is 10.8 Å². The van der Waals surface area contributed by atoms with Crippen LogP contribution in [0.3, 0.4) is 0 Å². The number of carbonyl (C=O) groups excluding carboxylic acids is 1. The maximum absolute atomic E-state index is 12.4. The van der Waals surface area contributed by atoms with Gasteiger partial charge in [0.15, 0.2) is 0 Å². The molecule has 2 N–H and O–H groups in total. The number of nitrogens with one attached hydrogen (secondary N) is 1. The van der Waals surface area contributed by atoms with Gasteiger partial charge in [0, 0.05) is 17.3 Å². The lowest BCUT2D eigenvalue weighted by Crippen LogP contribution is -2.14. The van der Waals surface area contributed by atoms with Crippen molar-refractivity contribution in [3.8, 4) is 5.75 Å². The fraction of sp³-hybridized carbons (Fsp3) is 0.111. The zero-order valence-corrected chi connectivity index (χ0v) is 12.4. The van der Waals surface area contributed by atoms with Crippen molar-refractivity contribution in [2.24, 2.45) is 0 Å². The number of aliphatic hydroxyl groups is 1. The van der Waals surface area contributed by atoms with Gasteiger partial charge in [-0.1, -0.05) is 24.3 Å². The van der Waals surface area contributed by atoms with Gasteiger partial charge < -0.3 is 15.2 Å². The van der Waals surface area contributed by atoms with Gasteiger partial charge in [-0.2, -0.15) is 0 Å². The van der Waals surface area contributed by atoms with Crippen molar-refractivity contribution in [3.63, 3.8) is 0 Å². The number of fused-ring (bicyclic) bond motifs is 1. The minimum absolute atomic E-state index is 0.0365. The molecular weight excluding hydrogens is 292 g/mol. The van der Waals surface area contributed by atoms with Crippen molar-refractivity contribution in [3.05, 3.63) is 66.5 Å². The summed E-state index contributed by atoms with van der Waals surface area (Å²) < 4.78 is 5.28. The predicted octanol–water partition coefficient (Wildman–Crippen LogP) is 2.86. The van der Waals surface area contributed by atoms with Crippen LogP contribution in [0.4, 0.5) is 5.69 Å². The molecule has 0 spiro atoms. The number of hydrogen-bond acceptors (Lipinski definition) is 4. The number of hydrogen-bond donors (Lipinski definition) is 2. The summed E-state index contributed by atoms with van der Waals surface area (Å²) in [7, 11) is 0. The van der Waals surface area contributed by atoms with Crippen LogP contribution in [-0.2, 0) is 0 Å². The highest BCUT2D eigenvalue weighted by Crippen LogP contribution is 2.19. The number of amides is 1. The molecule has 0 aliphatic carbocycles. The normalized spacial score (nSPS) is 10.5. The Morgan fingerprint density at radius 1 is 1.09 bits per heavy atom. The van der Waals surface area contributed by atoms with E-state index in [1.165, 1.54) is 0 Å². The molecular formula is C18H16N2O3. The summed E-state index contributed by atoms with van der Waals surface area (Å²) in [6.07, 6.45) is 1.63. The monoisotopic (exact) mass is 308 g/mol. The first kappa shape index (κ1) is 15.0. The SMILES string of the molecule is O=C(Nc1ccc(OCCO)cc1)c1nccc2ccccc12. The van der Waals surface area contributed by atoms with E-state index in [1.54, 1.807) is 30.5 Å². The third-order valence-corrected chi connectivity index (χ3v) is 3.36. The highest BCUT2D eigenvalue weighted by Gasteiger charge is 2.11. The Morgan fingerprint density at radius 2 is 1.87 bits per heavy atom. The molecule has 0 saturated heterocycles. The van der Waals surface area contributed by atoms with Crippen molar-refractivity contribution in [2.45, 2.75) is 0 Å². The van der Waals surface area contributed by atoms with Crippen LogP contribution in [-0.4, -0.2) is 29.2 Å². The Balaban J connectivity index is 1.78. The number of benzene rings is 2. The minimum Gasteiger partial charge on any atom is -0.491 e. The van der Waals surface area contributed by atoms with E-state index >= 15 is 0 Å². The largest absolute Gasteiger partial charge is 0.491 e. The number of anilines is 1. The maximum atomic E-state index is 12.4. The van der Waals surface area contributed by atoms with Gasteiger partial charge in [-0.3, -0.25) is 9.78 Å². The van der Waals surface area contributed by atoms with Crippen molar-refractivity contribution < 1.29 is 14.6 Å². The molecule has 0 saturated carbocycles. The highest BCUT2D eigenvalue weighted by molar-refractivity contribution is 6.11. The summed E-state index contributed by atoms with van der Waals surface area (Å²) in [5.41, 5.74) is 1.05. The van der Waals surface area contributed by atoms with Crippen LogP contribution in [0.2, 0.25) is 0 Å². The van der Waals surface area contributed by atoms with Gasteiger partial charge in [-0.25, -0.2) is 0 Å². The average Bonchev–Trinajstić information content (AvgIpc) is 2.60. The number of ether oxygens (including phenoxy) is 1. The Morgan fingerprint density at radius 3 is 2.65 bits per heavy atom. The quantitative estimate of drug-likeness (QED) is 0.760.